The molecule has 1 heterocycles. The van der Waals surface area contributed by atoms with Crippen LogP contribution in [0, 0.1) is 0 Å². The van der Waals surface area contributed by atoms with E-state index in [0.717, 1.165) is 17.9 Å². The van der Waals surface area contributed by atoms with E-state index in [0.29, 0.717) is 37.6 Å². The lowest BCUT2D eigenvalue weighted by Crippen LogP contribution is -2.40. The summed E-state index contributed by atoms with van der Waals surface area (Å²) < 4.78 is 48.9. The zero-order valence-electron chi connectivity index (χ0n) is 15.7. The molecule has 29 heavy (non-hydrogen) atoms. The number of aliphatic imine (C=N–C) groups is 1. The average Bonchev–Trinajstić information content (AvgIpc) is 3.18. The van der Waals surface area contributed by atoms with Crippen LogP contribution in [0.2, 0.25) is 0 Å². The molecule has 0 unspecified atom stereocenters. The summed E-state index contributed by atoms with van der Waals surface area (Å²) in [7, 11) is 0. The van der Waals surface area contributed by atoms with E-state index < -0.39 is 11.7 Å². The molecule has 0 amide bonds. The smallest absolute Gasteiger partial charge is 0.416 e. The predicted octanol–water partition coefficient (Wildman–Crippen LogP) is 3.20. The second-order valence-corrected chi connectivity index (χ2v) is 5.88. The van der Waals surface area contributed by atoms with Gasteiger partial charge in [0.05, 0.1) is 38.2 Å². The number of alkyl halides is 3. The molecule has 3 N–H and O–H groups in total. The molecule has 0 bridgehead atoms. The van der Waals surface area contributed by atoms with E-state index >= 15 is 0 Å². The number of aliphatic hydroxyl groups is 1. The number of hydrogen-bond donors (Lipinski definition) is 3. The highest BCUT2D eigenvalue weighted by molar-refractivity contribution is 14.0. The Morgan fingerprint density at radius 3 is 2.59 bits per heavy atom. The lowest BCUT2D eigenvalue weighted by Gasteiger charge is -2.13. The summed E-state index contributed by atoms with van der Waals surface area (Å²) in [5, 5.41) is 14.9. The highest BCUT2D eigenvalue weighted by Crippen LogP contribution is 2.29. The third-order valence-corrected chi connectivity index (χ3v) is 3.69. The molecule has 0 aliphatic rings. The van der Waals surface area contributed by atoms with Gasteiger partial charge in [-0.05, 0) is 29.8 Å². The van der Waals surface area contributed by atoms with E-state index in [4.69, 9.17) is 14.3 Å². The number of rotatable bonds is 10. The highest BCUT2D eigenvalue weighted by Gasteiger charge is 2.30. The van der Waals surface area contributed by atoms with Gasteiger partial charge in [0.25, 0.3) is 0 Å². The molecule has 1 aromatic carbocycles. The van der Waals surface area contributed by atoms with Crippen molar-refractivity contribution in [2.75, 3.05) is 32.9 Å². The molecular formula is C19H25F3IN3O3. The first-order valence-corrected chi connectivity index (χ1v) is 8.88. The van der Waals surface area contributed by atoms with Crippen molar-refractivity contribution in [3.05, 3.63) is 59.5 Å². The van der Waals surface area contributed by atoms with Crippen molar-refractivity contribution in [1.29, 1.82) is 0 Å². The van der Waals surface area contributed by atoms with Gasteiger partial charge in [-0.2, -0.15) is 13.2 Å². The molecule has 162 valence electrons. The van der Waals surface area contributed by atoms with E-state index in [9.17, 15) is 13.2 Å². The van der Waals surface area contributed by atoms with Gasteiger partial charge in [-0.3, -0.25) is 0 Å². The van der Waals surface area contributed by atoms with Crippen molar-refractivity contribution in [3.8, 4) is 0 Å². The van der Waals surface area contributed by atoms with Gasteiger partial charge >= 0.3 is 6.18 Å². The summed E-state index contributed by atoms with van der Waals surface area (Å²) in [6.07, 6.45) is -2.15. The van der Waals surface area contributed by atoms with E-state index in [1.807, 2.05) is 6.07 Å². The monoisotopic (exact) mass is 527 g/mol. The van der Waals surface area contributed by atoms with Crippen molar-refractivity contribution >= 4 is 29.9 Å². The molecular weight excluding hydrogens is 502 g/mol. The Balaban J connectivity index is 0.00000420. The molecule has 10 heteroatoms. The van der Waals surface area contributed by atoms with Crippen molar-refractivity contribution in [2.45, 2.75) is 19.1 Å². The summed E-state index contributed by atoms with van der Waals surface area (Å²) in [6, 6.07) is 8.75. The Labute approximate surface area is 184 Å². The van der Waals surface area contributed by atoms with Gasteiger partial charge in [-0.15, -0.1) is 24.0 Å². The molecule has 0 spiro atoms. The summed E-state index contributed by atoms with van der Waals surface area (Å²) in [6.45, 7) is 1.62. The van der Waals surface area contributed by atoms with Gasteiger partial charge in [0.15, 0.2) is 5.96 Å². The minimum absolute atomic E-state index is 0. The number of guanidine groups is 1. The molecule has 0 radical (unpaired) electrons. The first kappa shape index (κ1) is 25.2. The number of benzene rings is 1. The Hall–Kier alpha value is -1.79. The molecule has 0 fully saturated rings. The maximum absolute atomic E-state index is 12.8. The van der Waals surface area contributed by atoms with E-state index in [2.05, 4.69) is 15.6 Å². The standard InChI is InChI=1S/C19H24F3N3O3.HI/c20-19(21,22)16-4-1-3-15(13-16)14-25-18(24-8-11-27-12-9-26)23-7-6-17-5-2-10-28-17;/h1-5,10,13,26H,6-9,11-12,14H2,(H2,23,24,25);1H. The van der Waals surface area contributed by atoms with Crippen LogP contribution in [-0.4, -0.2) is 44.0 Å². The minimum atomic E-state index is -4.38. The van der Waals surface area contributed by atoms with Crippen molar-refractivity contribution < 1.29 is 27.4 Å². The first-order chi connectivity index (χ1) is 13.5. The number of hydrogen-bond acceptors (Lipinski definition) is 4. The second-order valence-electron chi connectivity index (χ2n) is 5.88. The molecule has 0 saturated carbocycles. The summed E-state index contributed by atoms with van der Waals surface area (Å²) >= 11 is 0. The fourth-order valence-corrected chi connectivity index (χ4v) is 2.36. The fraction of sp³-hybridized carbons (Fsp3) is 0.421. The van der Waals surface area contributed by atoms with E-state index in [1.54, 1.807) is 18.4 Å². The normalized spacial score (nSPS) is 11.8. The number of aliphatic hydroxyl groups excluding tert-OH is 1. The van der Waals surface area contributed by atoms with Gasteiger partial charge in [0.2, 0.25) is 0 Å². The third-order valence-electron chi connectivity index (χ3n) is 3.69. The van der Waals surface area contributed by atoms with Gasteiger partial charge in [0.1, 0.15) is 5.76 Å². The van der Waals surface area contributed by atoms with Crippen LogP contribution in [0.4, 0.5) is 13.2 Å². The predicted molar refractivity (Wildman–Crippen MR) is 114 cm³/mol. The fourth-order valence-electron chi connectivity index (χ4n) is 2.36. The summed E-state index contributed by atoms with van der Waals surface area (Å²) in [5.74, 6) is 1.27. The molecule has 0 aliphatic carbocycles. The number of ether oxygens (including phenoxy) is 1. The van der Waals surface area contributed by atoms with E-state index in [1.165, 1.54) is 6.07 Å². The SMILES string of the molecule is I.OCCOCCNC(=NCc1cccc(C(F)(F)F)c1)NCCc1ccco1. The lowest BCUT2D eigenvalue weighted by atomic mass is 10.1. The Morgan fingerprint density at radius 2 is 1.90 bits per heavy atom. The molecule has 2 rings (SSSR count). The van der Waals surface area contributed by atoms with Crippen molar-refractivity contribution in [3.63, 3.8) is 0 Å². The van der Waals surface area contributed by atoms with Gasteiger partial charge in [0, 0.05) is 19.5 Å². The van der Waals surface area contributed by atoms with Crippen molar-refractivity contribution in [1.82, 2.24) is 10.6 Å². The molecule has 0 aliphatic heterocycles. The first-order valence-electron chi connectivity index (χ1n) is 8.88. The van der Waals surface area contributed by atoms with Crippen LogP contribution in [0.3, 0.4) is 0 Å². The number of nitrogens with one attached hydrogen (secondary N) is 2. The van der Waals surface area contributed by atoms with E-state index in [-0.39, 0.29) is 43.7 Å². The van der Waals surface area contributed by atoms with Crippen LogP contribution < -0.4 is 10.6 Å². The third kappa shape index (κ3) is 9.99. The Morgan fingerprint density at radius 1 is 1.10 bits per heavy atom. The molecule has 1 aromatic heterocycles. The molecule has 0 atom stereocenters. The molecule has 0 saturated heterocycles. The van der Waals surface area contributed by atoms with Gasteiger partial charge in [-0.25, -0.2) is 4.99 Å². The van der Waals surface area contributed by atoms with Gasteiger partial charge in [-0.1, -0.05) is 12.1 Å². The zero-order valence-corrected chi connectivity index (χ0v) is 18.1. The topological polar surface area (TPSA) is 79.0 Å². The second kappa shape index (κ2) is 13.4. The Bertz CT molecular complexity index is 725. The zero-order chi connectivity index (χ0) is 20.2. The molecule has 6 nitrogen and oxygen atoms in total. The van der Waals surface area contributed by atoms with Crippen LogP contribution in [0.5, 0.6) is 0 Å². The number of furan rings is 1. The summed E-state index contributed by atoms with van der Waals surface area (Å²) in [5.41, 5.74) is -0.239. The summed E-state index contributed by atoms with van der Waals surface area (Å²) in [4.78, 5) is 4.35. The van der Waals surface area contributed by atoms with Crippen LogP contribution in [0.25, 0.3) is 0 Å². The highest BCUT2D eigenvalue weighted by atomic mass is 127. The van der Waals surface area contributed by atoms with Crippen LogP contribution in [-0.2, 0) is 23.9 Å². The molecule has 2 aromatic rings. The number of nitrogens with zero attached hydrogens (tertiary/aromatic N) is 1. The van der Waals surface area contributed by atoms with Crippen LogP contribution in [0.15, 0.2) is 52.1 Å². The maximum atomic E-state index is 12.8. The lowest BCUT2D eigenvalue weighted by molar-refractivity contribution is -0.137. The maximum Gasteiger partial charge on any atom is 0.416 e. The van der Waals surface area contributed by atoms with Crippen molar-refractivity contribution in [2.24, 2.45) is 4.99 Å². The quantitative estimate of drug-likeness (QED) is 0.192. The largest absolute Gasteiger partial charge is 0.469 e. The van der Waals surface area contributed by atoms with Crippen LogP contribution in [0.1, 0.15) is 16.9 Å². The number of halogens is 4. The van der Waals surface area contributed by atoms with Crippen LogP contribution >= 0.6 is 24.0 Å². The minimum Gasteiger partial charge on any atom is -0.469 e. The average molecular weight is 527 g/mol. The van der Waals surface area contributed by atoms with Gasteiger partial charge < -0.3 is 24.9 Å². The Kier molecular flexibility index (Phi) is 11.7.